The molecule has 1 rings (SSSR count). The van der Waals surface area contributed by atoms with Gasteiger partial charge in [0, 0.05) is 24.9 Å². The van der Waals surface area contributed by atoms with Crippen LogP contribution in [0.5, 0.6) is 0 Å². The minimum Gasteiger partial charge on any atom is -0.274 e. The Morgan fingerprint density at radius 3 is 2.67 bits per heavy atom. The Morgan fingerprint density at radius 2 is 2.13 bits per heavy atom. The highest BCUT2D eigenvalue weighted by Gasteiger charge is 2.02. The molecule has 1 heterocycles. The van der Waals surface area contributed by atoms with Gasteiger partial charge in [-0.1, -0.05) is 13.3 Å². The minimum atomic E-state index is -0.155. The van der Waals surface area contributed by atoms with Crippen molar-refractivity contribution in [1.82, 2.24) is 10.4 Å². The number of hydrogen-bond donors (Lipinski definition) is 1. The first-order valence-electron chi connectivity index (χ1n) is 4.97. The van der Waals surface area contributed by atoms with E-state index < -0.39 is 0 Å². The van der Waals surface area contributed by atoms with Gasteiger partial charge in [0.25, 0.3) is 0 Å². The van der Waals surface area contributed by atoms with Crippen LogP contribution in [0.4, 0.5) is 0 Å². The first kappa shape index (κ1) is 11.4. The number of carbonyl (C=O) groups excluding carboxylic acids is 1. The van der Waals surface area contributed by atoms with Crippen LogP contribution in [0, 0.1) is 0 Å². The summed E-state index contributed by atoms with van der Waals surface area (Å²) in [5, 5.41) is 4.07. The maximum absolute atomic E-state index is 10.8. The highest BCUT2D eigenvalue weighted by Crippen LogP contribution is 2.04. The van der Waals surface area contributed by atoms with E-state index in [2.05, 4.69) is 22.4 Å². The van der Waals surface area contributed by atoms with Crippen LogP contribution in [0.15, 0.2) is 29.6 Å². The number of nitrogens with one attached hydrogen (secondary N) is 1. The van der Waals surface area contributed by atoms with E-state index in [4.69, 9.17) is 0 Å². The summed E-state index contributed by atoms with van der Waals surface area (Å²) in [6.45, 7) is 3.52. The van der Waals surface area contributed by atoms with Gasteiger partial charge in [-0.3, -0.25) is 9.78 Å². The van der Waals surface area contributed by atoms with E-state index >= 15 is 0 Å². The Kier molecular flexibility index (Phi) is 4.47. The number of amides is 1. The number of pyridine rings is 1. The maximum atomic E-state index is 10.8. The van der Waals surface area contributed by atoms with Crippen LogP contribution in [-0.2, 0) is 4.79 Å². The van der Waals surface area contributed by atoms with E-state index in [1.54, 1.807) is 12.4 Å². The third-order valence-electron chi connectivity index (χ3n) is 1.85. The first-order valence-corrected chi connectivity index (χ1v) is 4.97. The fourth-order valence-electron chi connectivity index (χ4n) is 1.19. The highest BCUT2D eigenvalue weighted by molar-refractivity contribution is 6.00. The van der Waals surface area contributed by atoms with Gasteiger partial charge in [-0.15, -0.1) is 0 Å². The molecule has 0 bridgehead atoms. The molecule has 1 aromatic heterocycles. The van der Waals surface area contributed by atoms with Gasteiger partial charge >= 0.3 is 0 Å². The molecule has 0 aromatic carbocycles. The molecule has 0 aliphatic carbocycles. The van der Waals surface area contributed by atoms with E-state index in [9.17, 15) is 4.79 Å². The normalized spacial score (nSPS) is 11.2. The zero-order valence-electron chi connectivity index (χ0n) is 9.03. The third-order valence-corrected chi connectivity index (χ3v) is 1.85. The number of nitrogens with zero attached hydrogens (tertiary/aromatic N) is 2. The summed E-state index contributed by atoms with van der Waals surface area (Å²) in [6.07, 6.45) is 5.26. The second kappa shape index (κ2) is 5.90. The van der Waals surface area contributed by atoms with Crippen LogP contribution >= 0.6 is 0 Å². The molecule has 0 saturated carbocycles. The molecule has 0 saturated heterocycles. The Bertz CT molecular complexity index is 346. The van der Waals surface area contributed by atoms with Crippen molar-refractivity contribution < 1.29 is 4.79 Å². The molecular weight excluding hydrogens is 190 g/mol. The predicted octanol–water partition coefficient (Wildman–Crippen LogP) is 1.72. The fourth-order valence-corrected chi connectivity index (χ4v) is 1.19. The predicted molar refractivity (Wildman–Crippen MR) is 59.5 cm³/mol. The Labute approximate surface area is 89.4 Å². The average molecular weight is 205 g/mol. The number of aromatic nitrogens is 1. The van der Waals surface area contributed by atoms with Gasteiger partial charge in [0.2, 0.25) is 5.91 Å². The number of hydrogen-bond acceptors (Lipinski definition) is 3. The van der Waals surface area contributed by atoms with Crippen LogP contribution in [0.25, 0.3) is 0 Å². The largest absolute Gasteiger partial charge is 0.274 e. The Balaban J connectivity index is 2.83. The summed E-state index contributed by atoms with van der Waals surface area (Å²) in [6, 6.07) is 3.77. The molecule has 0 aliphatic heterocycles. The molecule has 1 N–H and O–H groups in total. The topological polar surface area (TPSA) is 54.4 Å². The molecule has 0 unspecified atom stereocenters. The van der Waals surface area contributed by atoms with Crippen molar-refractivity contribution in [3.05, 3.63) is 30.1 Å². The molecule has 1 aromatic rings. The van der Waals surface area contributed by atoms with Crippen LogP contribution < -0.4 is 5.43 Å². The van der Waals surface area contributed by atoms with Crippen molar-refractivity contribution in [3.8, 4) is 0 Å². The van der Waals surface area contributed by atoms with Crippen molar-refractivity contribution in [1.29, 1.82) is 0 Å². The summed E-state index contributed by atoms with van der Waals surface area (Å²) in [7, 11) is 0. The van der Waals surface area contributed by atoms with Crippen molar-refractivity contribution in [3.63, 3.8) is 0 Å². The van der Waals surface area contributed by atoms with Crippen molar-refractivity contribution >= 4 is 11.6 Å². The zero-order valence-corrected chi connectivity index (χ0v) is 9.03. The Morgan fingerprint density at radius 1 is 1.47 bits per heavy atom. The molecule has 0 spiro atoms. The zero-order chi connectivity index (χ0) is 11.1. The molecular formula is C11H15N3O. The third kappa shape index (κ3) is 3.89. The van der Waals surface area contributed by atoms with Gasteiger partial charge in [-0.2, -0.15) is 5.10 Å². The van der Waals surface area contributed by atoms with Crippen LogP contribution in [0.2, 0.25) is 0 Å². The Hall–Kier alpha value is -1.71. The van der Waals surface area contributed by atoms with Crippen molar-refractivity contribution in [2.24, 2.45) is 5.10 Å². The summed E-state index contributed by atoms with van der Waals surface area (Å²) in [5.41, 5.74) is 4.34. The molecule has 0 fully saturated rings. The molecule has 0 radical (unpaired) electrons. The molecule has 4 nitrogen and oxygen atoms in total. The molecule has 0 aliphatic rings. The molecule has 0 atom stereocenters. The maximum Gasteiger partial charge on any atom is 0.236 e. The lowest BCUT2D eigenvalue weighted by molar-refractivity contribution is -0.118. The monoisotopic (exact) mass is 205 g/mol. The van der Waals surface area contributed by atoms with E-state index in [0.29, 0.717) is 0 Å². The summed E-state index contributed by atoms with van der Waals surface area (Å²) < 4.78 is 0. The van der Waals surface area contributed by atoms with E-state index in [-0.39, 0.29) is 5.91 Å². The quantitative estimate of drug-likeness (QED) is 0.601. The van der Waals surface area contributed by atoms with Gasteiger partial charge in [0.15, 0.2) is 0 Å². The average Bonchev–Trinajstić information content (AvgIpc) is 2.25. The smallest absolute Gasteiger partial charge is 0.236 e. The van der Waals surface area contributed by atoms with Gasteiger partial charge in [-0.25, -0.2) is 5.43 Å². The van der Waals surface area contributed by atoms with Crippen molar-refractivity contribution in [2.75, 3.05) is 0 Å². The van der Waals surface area contributed by atoms with Gasteiger partial charge in [-0.05, 0) is 18.6 Å². The van der Waals surface area contributed by atoms with Gasteiger partial charge in [0.1, 0.15) is 0 Å². The first-order chi connectivity index (χ1) is 7.24. The van der Waals surface area contributed by atoms with Gasteiger partial charge < -0.3 is 0 Å². The lowest BCUT2D eigenvalue weighted by Crippen LogP contribution is -2.16. The van der Waals surface area contributed by atoms with Gasteiger partial charge in [0.05, 0.1) is 5.71 Å². The number of carbonyl (C=O) groups is 1. The molecule has 4 heteroatoms. The molecule has 1 amide bonds. The van der Waals surface area contributed by atoms with Crippen LogP contribution in [-0.4, -0.2) is 16.6 Å². The lowest BCUT2D eigenvalue weighted by Gasteiger charge is -2.04. The summed E-state index contributed by atoms with van der Waals surface area (Å²) in [4.78, 5) is 14.7. The SMILES string of the molecule is CCCC(=NNC(C)=O)c1ccncc1. The van der Waals surface area contributed by atoms with E-state index in [1.165, 1.54) is 6.92 Å². The van der Waals surface area contributed by atoms with Crippen molar-refractivity contribution in [2.45, 2.75) is 26.7 Å². The van der Waals surface area contributed by atoms with Crippen LogP contribution in [0.3, 0.4) is 0 Å². The number of rotatable bonds is 4. The molecule has 15 heavy (non-hydrogen) atoms. The second-order valence-corrected chi connectivity index (χ2v) is 3.21. The fraction of sp³-hybridized carbons (Fsp3) is 0.364. The standard InChI is InChI=1S/C11H15N3O/c1-3-4-11(14-13-9(2)15)10-5-7-12-8-6-10/h5-8H,3-4H2,1-2H3,(H,13,15). The summed E-state index contributed by atoms with van der Waals surface area (Å²) in [5.74, 6) is -0.155. The van der Waals surface area contributed by atoms with Crippen LogP contribution in [0.1, 0.15) is 32.3 Å². The number of hydrazone groups is 1. The summed E-state index contributed by atoms with van der Waals surface area (Å²) >= 11 is 0. The minimum absolute atomic E-state index is 0.155. The van der Waals surface area contributed by atoms with E-state index in [1.807, 2.05) is 12.1 Å². The van der Waals surface area contributed by atoms with E-state index in [0.717, 1.165) is 24.1 Å². The lowest BCUT2D eigenvalue weighted by atomic mass is 10.1. The molecule has 80 valence electrons. The second-order valence-electron chi connectivity index (χ2n) is 3.21. The highest BCUT2D eigenvalue weighted by atomic mass is 16.2.